The SMILES string of the molecule is CCNC(c1ccc2nc(C)ccc2c1)C(F)(F)F. The van der Waals surface area contributed by atoms with E-state index in [0.29, 0.717) is 5.52 Å². The van der Waals surface area contributed by atoms with Gasteiger partial charge in [0.2, 0.25) is 0 Å². The number of pyridine rings is 1. The number of fused-ring (bicyclic) bond motifs is 1. The van der Waals surface area contributed by atoms with Gasteiger partial charge in [0.1, 0.15) is 6.04 Å². The molecule has 1 atom stereocenters. The molecule has 0 radical (unpaired) electrons. The molecule has 0 saturated carbocycles. The van der Waals surface area contributed by atoms with Gasteiger partial charge in [-0.25, -0.2) is 0 Å². The highest BCUT2D eigenvalue weighted by Crippen LogP contribution is 2.33. The van der Waals surface area contributed by atoms with Crippen LogP contribution in [-0.2, 0) is 0 Å². The molecule has 0 aliphatic heterocycles. The van der Waals surface area contributed by atoms with Crippen LogP contribution in [0, 0.1) is 6.92 Å². The molecule has 1 aromatic carbocycles. The molecule has 2 aromatic rings. The summed E-state index contributed by atoms with van der Waals surface area (Å²) >= 11 is 0. The second-order valence-corrected chi connectivity index (χ2v) is 4.44. The van der Waals surface area contributed by atoms with Crippen molar-refractivity contribution in [1.29, 1.82) is 0 Å². The zero-order valence-corrected chi connectivity index (χ0v) is 10.8. The van der Waals surface area contributed by atoms with Crippen molar-refractivity contribution in [3.05, 3.63) is 41.6 Å². The molecule has 102 valence electrons. The molecule has 19 heavy (non-hydrogen) atoms. The standard InChI is InChI=1S/C14H15F3N2/c1-3-18-13(14(15,16)17)11-6-7-12-10(8-11)5-4-9(2)19-12/h4-8,13,18H,3H2,1-2H3. The van der Waals surface area contributed by atoms with Crippen LogP contribution in [0.1, 0.15) is 24.2 Å². The van der Waals surface area contributed by atoms with Crippen LogP contribution in [0.5, 0.6) is 0 Å². The number of benzene rings is 1. The van der Waals surface area contributed by atoms with E-state index in [9.17, 15) is 13.2 Å². The molecule has 2 nitrogen and oxygen atoms in total. The summed E-state index contributed by atoms with van der Waals surface area (Å²) in [5.74, 6) is 0. The summed E-state index contributed by atoms with van der Waals surface area (Å²) in [4.78, 5) is 4.28. The minimum absolute atomic E-state index is 0.215. The van der Waals surface area contributed by atoms with Crippen LogP contribution in [0.3, 0.4) is 0 Å². The van der Waals surface area contributed by atoms with E-state index < -0.39 is 12.2 Å². The Morgan fingerprint density at radius 1 is 1.21 bits per heavy atom. The summed E-state index contributed by atoms with van der Waals surface area (Å²) in [6, 6.07) is 6.61. The fourth-order valence-corrected chi connectivity index (χ4v) is 2.05. The van der Waals surface area contributed by atoms with Gasteiger partial charge in [-0.05, 0) is 37.2 Å². The van der Waals surface area contributed by atoms with Crippen LogP contribution >= 0.6 is 0 Å². The zero-order valence-electron chi connectivity index (χ0n) is 10.8. The summed E-state index contributed by atoms with van der Waals surface area (Å²) in [6.07, 6.45) is -4.30. The lowest BCUT2D eigenvalue weighted by Crippen LogP contribution is -2.33. The predicted octanol–water partition coefficient (Wildman–Crippen LogP) is 3.76. The maximum Gasteiger partial charge on any atom is 0.407 e. The molecular formula is C14H15F3N2. The van der Waals surface area contributed by atoms with Crippen molar-refractivity contribution in [2.24, 2.45) is 0 Å². The molecule has 2 rings (SSSR count). The average Bonchev–Trinajstić information content (AvgIpc) is 2.34. The summed E-state index contributed by atoms with van der Waals surface area (Å²) in [5.41, 5.74) is 1.77. The first-order valence-corrected chi connectivity index (χ1v) is 6.09. The van der Waals surface area contributed by atoms with Crippen LogP contribution in [0.25, 0.3) is 10.9 Å². The maximum absolute atomic E-state index is 13.0. The second-order valence-electron chi connectivity index (χ2n) is 4.44. The molecule has 0 spiro atoms. The molecule has 0 bridgehead atoms. The number of aromatic nitrogens is 1. The van der Waals surface area contributed by atoms with Crippen molar-refractivity contribution in [3.63, 3.8) is 0 Å². The van der Waals surface area contributed by atoms with E-state index in [-0.39, 0.29) is 12.1 Å². The van der Waals surface area contributed by atoms with Gasteiger partial charge in [-0.2, -0.15) is 13.2 Å². The highest BCUT2D eigenvalue weighted by atomic mass is 19.4. The molecule has 1 heterocycles. The molecule has 1 unspecified atom stereocenters. The van der Waals surface area contributed by atoms with Gasteiger partial charge in [0, 0.05) is 11.1 Å². The van der Waals surface area contributed by atoms with Gasteiger partial charge < -0.3 is 5.32 Å². The normalized spacial score (nSPS) is 13.7. The molecule has 1 aromatic heterocycles. The van der Waals surface area contributed by atoms with Crippen LogP contribution in [0.2, 0.25) is 0 Å². The van der Waals surface area contributed by atoms with E-state index in [2.05, 4.69) is 10.3 Å². The first-order chi connectivity index (χ1) is 8.91. The molecule has 1 N–H and O–H groups in total. The Morgan fingerprint density at radius 2 is 1.95 bits per heavy atom. The lowest BCUT2D eigenvalue weighted by molar-refractivity contribution is -0.157. The molecule has 0 aliphatic rings. The maximum atomic E-state index is 13.0. The number of rotatable bonds is 3. The zero-order chi connectivity index (χ0) is 14.0. The first kappa shape index (κ1) is 13.8. The number of halogens is 3. The third kappa shape index (κ3) is 3.04. The monoisotopic (exact) mass is 268 g/mol. The fraction of sp³-hybridized carbons (Fsp3) is 0.357. The largest absolute Gasteiger partial charge is 0.407 e. The predicted molar refractivity (Wildman–Crippen MR) is 69.0 cm³/mol. The molecule has 0 amide bonds. The van der Waals surface area contributed by atoms with Gasteiger partial charge in [-0.3, -0.25) is 4.98 Å². The van der Waals surface area contributed by atoms with Crippen molar-refractivity contribution < 1.29 is 13.2 Å². The lowest BCUT2D eigenvalue weighted by atomic mass is 10.0. The van der Waals surface area contributed by atoms with E-state index in [0.717, 1.165) is 11.1 Å². The van der Waals surface area contributed by atoms with Crippen molar-refractivity contribution in [3.8, 4) is 0 Å². The number of hydrogen-bond donors (Lipinski definition) is 1. The first-order valence-electron chi connectivity index (χ1n) is 6.09. The van der Waals surface area contributed by atoms with E-state index >= 15 is 0 Å². The van der Waals surface area contributed by atoms with Crippen LogP contribution < -0.4 is 5.32 Å². The van der Waals surface area contributed by atoms with Crippen molar-refractivity contribution in [2.45, 2.75) is 26.1 Å². The van der Waals surface area contributed by atoms with Gasteiger partial charge in [0.15, 0.2) is 0 Å². The number of alkyl halides is 3. The topological polar surface area (TPSA) is 24.9 Å². The fourth-order valence-electron chi connectivity index (χ4n) is 2.05. The van der Waals surface area contributed by atoms with Crippen molar-refractivity contribution in [1.82, 2.24) is 10.3 Å². The van der Waals surface area contributed by atoms with Crippen LogP contribution in [-0.4, -0.2) is 17.7 Å². The summed E-state index contributed by atoms with van der Waals surface area (Å²) in [7, 11) is 0. The molecule has 5 heteroatoms. The summed E-state index contributed by atoms with van der Waals surface area (Å²) in [5, 5.41) is 3.19. The molecule has 0 fully saturated rings. The van der Waals surface area contributed by atoms with Gasteiger partial charge >= 0.3 is 6.18 Å². The van der Waals surface area contributed by atoms with Crippen molar-refractivity contribution in [2.75, 3.05) is 6.54 Å². The van der Waals surface area contributed by atoms with Crippen LogP contribution in [0.15, 0.2) is 30.3 Å². The Balaban J connectivity index is 2.46. The number of hydrogen-bond acceptors (Lipinski definition) is 2. The number of nitrogens with zero attached hydrogens (tertiary/aromatic N) is 1. The van der Waals surface area contributed by atoms with E-state index in [1.54, 1.807) is 31.2 Å². The Bertz CT molecular complexity index is 578. The van der Waals surface area contributed by atoms with Gasteiger partial charge in [0.05, 0.1) is 5.52 Å². The van der Waals surface area contributed by atoms with Gasteiger partial charge in [-0.15, -0.1) is 0 Å². The Kier molecular flexibility index (Phi) is 3.75. The van der Waals surface area contributed by atoms with E-state index in [1.165, 1.54) is 6.07 Å². The van der Waals surface area contributed by atoms with Gasteiger partial charge in [0.25, 0.3) is 0 Å². The smallest absolute Gasteiger partial charge is 0.303 e. The second kappa shape index (κ2) is 5.17. The lowest BCUT2D eigenvalue weighted by Gasteiger charge is -2.21. The highest BCUT2D eigenvalue weighted by molar-refractivity contribution is 5.79. The Labute approximate surface area is 109 Å². The van der Waals surface area contributed by atoms with E-state index in [4.69, 9.17) is 0 Å². The Hall–Kier alpha value is -1.62. The molecule has 0 aliphatic carbocycles. The van der Waals surface area contributed by atoms with Crippen LogP contribution in [0.4, 0.5) is 13.2 Å². The minimum Gasteiger partial charge on any atom is -0.303 e. The quantitative estimate of drug-likeness (QED) is 0.916. The third-order valence-corrected chi connectivity index (χ3v) is 2.92. The Morgan fingerprint density at radius 3 is 2.58 bits per heavy atom. The highest BCUT2D eigenvalue weighted by Gasteiger charge is 2.40. The summed E-state index contributed by atoms with van der Waals surface area (Å²) < 4.78 is 38.9. The average molecular weight is 268 g/mol. The number of aryl methyl sites for hydroxylation is 1. The van der Waals surface area contributed by atoms with Crippen molar-refractivity contribution >= 4 is 10.9 Å². The summed E-state index contributed by atoms with van der Waals surface area (Å²) in [6.45, 7) is 3.77. The molecular weight excluding hydrogens is 253 g/mol. The minimum atomic E-state index is -4.30. The third-order valence-electron chi connectivity index (χ3n) is 2.92. The van der Waals surface area contributed by atoms with Gasteiger partial charge in [-0.1, -0.05) is 19.1 Å². The van der Waals surface area contributed by atoms with E-state index in [1.807, 2.05) is 6.92 Å². The number of nitrogens with one attached hydrogen (secondary N) is 1. The molecule has 0 saturated heterocycles.